The molecule has 16 heavy (non-hydrogen) atoms. The third kappa shape index (κ3) is 2.38. The highest BCUT2D eigenvalue weighted by molar-refractivity contribution is 5.79. The molecule has 0 aromatic heterocycles. The first-order valence-electron chi connectivity index (χ1n) is 6.39. The molecule has 2 unspecified atom stereocenters. The van der Waals surface area contributed by atoms with Gasteiger partial charge >= 0.3 is 0 Å². The Balaban J connectivity index is 1.93. The van der Waals surface area contributed by atoms with E-state index < -0.39 is 0 Å². The van der Waals surface area contributed by atoms with Crippen LogP contribution in [0.2, 0.25) is 0 Å². The molecule has 2 saturated carbocycles. The normalized spacial score (nSPS) is 30.1. The van der Waals surface area contributed by atoms with Crippen molar-refractivity contribution in [1.82, 2.24) is 4.90 Å². The zero-order valence-electron chi connectivity index (χ0n) is 9.77. The fraction of sp³-hybridized carbons (Fsp3) is 0.917. The largest absolute Gasteiger partial charge is 0.395 e. The van der Waals surface area contributed by atoms with Crippen molar-refractivity contribution in [2.45, 2.75) is 50.6 Å². The van der Waals surface area contributed by atoms with Crippen molar-refractivity contribution in [3.63, 3.8) is 0 Å². The highest BCUT2D eigenvalue weighted by Crippen LogP contribution is 2.30. The third-order valence-electron chi connectivity index (χ3n) is 3.96. The molecular weight excluding hydrogens is 204 g/mol. The first-order chi connectivity index (χ1) is 7.72. The molecule has 0 radical (unpaired) electrons. The molecular formula is C12H22N2O2. The molecule has 0 heterocycles. The first-order valence-corrected chi connectivity index (χ1v) is 6.39. The van der Waals surface area contributed by atoms with Crippen LogP contribution in [0, 0.1) is 5.92 Å². The van der Waals surface area contributed by atoms with Gasteiger partial charge in [-0.05, 0) is 38.5 Å². The molecule has 4 nitrogen and oxygen atoms in total. The maximum atomic E-state index is 12.3. The third-order valence-corrected chi connectivity index (χ3v) is 3.96. The van der Waals surface area contributed by atoms with E-state index >= 15 is 0 Å². The average molecular weight is 226 g/mol. The Labute approximate surface area is 96.8 Å². The predicted octanol–water partition coefficient (Wildman–Crippen LogP) is 0.487. The number of carbonyl (C=O) groups is 1. The van der Waals surface area contributed by atoms with Gasteiger partial charge < -0.3 is 15.7 Å². The Hall–Kier alpha value is -0.610. The van der Waals surface area contributed by atoms with Crippen LogP contribution in [-0.4, -0.2) is 41.1 Å². The molecule has 0 spiro atoms. The van der Waals surface area contributed by atoms with Gasteiger partial charge in [0, 0.05) is 24.5 Å². The number of amides is 1. The van der Waals surface area contributed by atoms with Crippen molar-refractivity contribution >= 4 is 5.91 Å². The summed E-state index contributed by atoms with van der Waals surface area (Å²) in [5.74, 6) is 0.342. The molecule has 0 saturated heterocycles. The lowest BCUT2D eigenvalue weighted by atomic mass is 9.90. The summed E-state index contributed by atoms with van der Waals surface area (Å²) in [6.45, 7) is 0.566. The molecule has 2 atom stereocenters. The van der Waals surface area contributed by atoms with Crippen molar-refractivity contribution in [3.05, 3.63) is 0 Å². The molecule has 3 N–H and O–H groups in total. The van der Waals surface area contributed by atoms with Gasteiger partial charge in [0.25, 0.3) is 0 Å². The topological polar surface area (TPSA) is 66.6 Å². The minimum absolute atomic E-state index is 0.0704. The summed E-state index contributed by atoms with van der Waals surface area (Å²) in [5.41, 5.74) is 5.84. The maximum absolute atomic E-state index is 12.3. The molecule has 4 heteroatoms. The summed E-state index contributed by atoms with van der Waals surface area (Å²) in [4.78, 5) is 14.2. The van der Waals surface area contributed by atoms with E-state index in [0.29, 0.717) is 12.6 Å². The highest BCUT2D eigenvalue weighted by atomic mass is 16.3. The molecule has 0 aromatic rings. The van der Waals surface area contributed by atoms with Gasteiger partial charge in [0.15, 0.2) is 0 Å². The fourth-order valence-corrected chi connectivity index (χ4v) is 2.75. The fourth-order valence-electron chi connectivity index (χ4n) is 2.75. The first kappa shape index (κ1) is 11.9. The second-order valence-corrected chi connectivity index (χ2v) is 5.11. The van der Waals surface area contributed by atoms with E-state index in [0.717, 1.165) is 32.1 Å². The molecule has 2 aliphatic rings. The Morgan fingerprint density at radius 2 is 2.06 bits per heavy atom. The van der Waals surface area contributed by atoms with Crippen molar-refractivity contribution < 1.29 is 9.90 Å². The molecule has 0 bridgehead atoms. The van der Waals surface area contributed by atoms with Crippen LogP contribution in [-0.2, 0) is 4.79 Å². The molecule has 0 aliphatic heterocycles. The highest BCUT2D eigenvalue weighted by Gasteiger charge is 2.35. The minimum Gasteiger partial charge on any atom is -0.395 e. The summed E-state index contributed by atoms with van der Waals surface area (Å²) in [5, 5.41) is 9.03. The van der Waals surface area contributed by atoms with E-state index in [1.54, 1.807) is 0 Å². The van der Waals surface area contributed by atoms with E-state index in [2.05, 4.69) is 0 Å². The van der Waals surface area contributed by atoms with E-state index in [1.165, 1.54) is 6.42 Å². The van der Waals surface area contributed by atoms with Gasteiger partial charge in [-0.3, -0.25) is 4.79 Å². The summed E-state index contributed by atoms with van der Waals surface area (Å²) in [7, 11) is 0. The molecule has 92 valence electrons. The predicted molar refractivity (Wildman–Crippen MR) is 61.8 cm³/mol. The van der Waals surface area contributed by atoms with Crippen molar-refractivity contribution in [3.8, 4) is 0 Å². The number of aliphatic hydroxyl groups excluding tert-OH is 1. The van der Waals surface area contributed by atoms with Crippen LogP contribution in [0.5, 0.6) is 0 Å². The summed E-state index contributed by atoms with van der Waals surface area (Å²) in [6, 6.07) is 0.586. The van der Waals surface area contributed by atoms with E-state index in [1.807, 2.05) is 4.90 Å². The Kier molecular flexibility index (Phi) is 3.82. The lowest BCUT2D eigenvalue weighted by Gasteiger charge is -2.38. The average Bonchev–Trinajstić information content (AvgIpc) is 2.60. The summed E-state index contributed by atoms with van der Waals surface area (Å²) in [6.07, 6.45) is 6.13. The van der Waals surface area contributed by atoms with Crippen molar-refractivity contribution in [2.75, 3.05) is 13.2 Å². The molecule has 1 amide bonds. The Morgan fingerprint density at radius 3 is 2.50 bits per heavy atom. The molecule has 2 fully saturated rings. The van der Waals surface area contributed by atoms with Gasteiger partial charge in [0.1, 0.15) is 0 Å². The van der Waals surface area contributed by atoms with Gasteiger partial charge in [0.2, 0.25) is 5.91 Å². The van der Waals surface area contributed by atoms with Gasteiger partial charge in [-0.1, -0.05) is 0 Å². The van der Waals surface area contributed by atoms with Crippen LogP contribution < -0.4 is 5.73 Å². The number of carbonyl (C=O) groups excluding carboxylic acids is 1. The molecule has 0 aromatic carbocycles. The second-order valence-electron chi connectivity index (χ2n) is 5.11. The number of aliphatic hydroxyl groups is 1. The lowest BCUT2D eigenvalue weighted by Crippen LogP contribution is -2.47. The van der Waals surface area contributed by atoms with Crippen LogP contribution in [0.25, 0.3) is 0 Å². The van der Waals surface area contributed by atoms with Crippen molar-refractivity contribution in [1.29, 1.82) is 0 Å². The van der Waals surface area contributed by atoms with Crippen LogP contribution in [0.15, 0.2) is 0 Å². The van der Waals surface area contributed by atoms with Crippen LogP contribution >= 0.6 is 0 Å². The van der Waals surface area contributed by atoms with Crippen molar-refractivity contribution in [2.24, 2.45) is 11.7 Å². The SMILES string of the molecule is NC1CCC(C(=O)N(CCO)C2CCC2)C1. The molecule has 2 aliphatic carbocycles. The number of nitrogens with zero attached hydrogens (tertiary/aromatic N) is 1. The van der Waals surface area contributed by atoms with Crippen LogP contribution in [0.4, 0.5) is 0 Å². The number of hydrogen-bond donors (Lipinski definition) is 2. The zero-order valence-corrected chi connectivity index (χ0v) is 9.77. The Morgan fingerprint density at radius 1 is 1.31 bits per heavy atom. The quantitative estimate of drug-likeness (QED) is 0.733. The van der Waals surface area contributed by atoms with E-state index in [9.17, 15) is 4.79 Å². The van der Waals surface area contributed by atoms with Crippen LogP contribution in [0.1, 0.15) is 38.5 Å². The minimum atomic E-state index is 0.0704. The number of hydrogen-bond acceptors (Lipinski definition) is 3. The van der Waals surface area contributed by atoms with E-state index in [-0.39, 0.29) is 24.5 Å². The monoisotopic (exact) mass is 226 g/mol. The number of nitrogens with two attached hydrogens (primary N) is 1. The van der Waals surface area contributed by atoms with Gasteiger partial charge in [-0.2, -0.15) is 0 Å². The summed E-state index contributed by atoms with van der Waals surface area (Å²) < 4.78 is 0. The lowest BCUT2D eigenvalue weighted by molar-refractivity contribution is -0.140. The summed E-state index contributed by atoms with van der Waals surface area (Å²) >= 11 is 0. The van der Waals surface area contributed by atoms with Gasteiger partial charge in [-0.15, -0.1) is 0 Å². The van der Waals surface area contributed by atoms with Gasteiger partial charge in [0.05, 0.1) is 6.61 Å². The standard InChI is InChI=1S/C12H22N2O2/c13-10-5-4-9(8-10)12(16)14(6-7-15)11-2-1-3-11/h9-11,15H,1-8,13H2. The Bertz CT molecular complexity index is 253. The number of rotatable bonds is 4. The smallest absolute Gasteiger partial charge is 0.226 e. The molecule has 2 rings (SSSR count). The zero-order chi connectivity index (χ0) is 11.5. The van der Waals surface area contributed by atoms with Gasteiger partial charge in [-0.25, -0.2) is 0 Å². The van der Waals surface area contributed by atoms with E-state index in [4.69, 9.17) is 10.8 Å². The second kappa shape index (κ2) is 5.15. The van der Waals surface area contributed by atoms with Crippen LogP contribution in [0.3, 0.4) is 0 Å². The maximum Gasteiger partial charge on any atom is 0.226 e.